The number of aliphatic imine (C=N–C) groups is 1. The van der Waals surface area contributed by atoms with Crippen LogP contribution < -0.4 is 20.5 Å². The van der Waals surface area contributed by atoms with Crippen LogP contribution in [0.15, 0.2) is 53.5 Å². The Bertz CT molecular complexity index is 1400. The molecule has 1 atom stereocenters. The molecule has 1 fully saturated rings. The number of carbonyl (C=O) groups is 2. The van der Waals surface area contributed by atoms with Crippen LogP contribution in [0, 0.1) is 20.8 Å². The number of phenols is 1. The minimum Gasteiger partial charge on any atom is -0.508 e. The van der Waals surface area contributed by atoms with Crippen LogP contribution in [0.3, 0.4) is 0 Å². The number of aryl methyl sites for hydroxylation is 3. The van der Waals surface area contributed by atoms with Crippen LogP contribution in [0.5, 0.6) is 11.5 Å². The largest absolute Gasteiger partial charge is 0.508 e. The third-order valence-corrected chi connectivity index (χ3v) is 6.36. The number of benzene rings is 3. The summed E-state index contributed by atoms with van der Waals surface area (Å²) in [4.78, 5) is 30.0. The van der Waals surface area contributed by atoms with Crippen molar-refractivity contribution in [2.45, 2.75) is 40.2 Å². The van der Waals surface area contributed by atoms with Gasteiger partial charge in [-0.05, 0) is 86.8 Å². The Hall–Kier alpha value is -3.75. The summed E-state index contributed by atoms with van der Waals surface area (Å²) in [7, 11) is 0. The zero-order chi connectivity index (χ0) is 26.9. The Morgan fingerprint density at radius 2 is 1.84 bits per heavy atom. The van der Waals surface area contributed by atoms with Crippen LogP contribution in [0.1, 0.15) is 30.0 Å². The Morgan fingerprint density at radius 1 is 1.08 bits per heavy atom. The predicted molar refractivity (Wildman–Crippen MR) is 146 cm³/mol. The van der Waals surface area contributed by atoms with E-state index in [1.807, 2.05) is 19.9 Å². The normalized spacial score (nSPS) is 15.0. The highest BCUT2D eigenvalue weighted by molar-refractivity contribution is 6.35. The Morgan fingerprint density at radius 3 is 2.54 bits per heavy atom. The Kier molecular flexibility index (Phi) is 7.61. The van der Waals surface area contributed by atoms with Gasteiger partial charge in [-0.15, -0.1) is 0 Å². The van der Waals surface area contributed by atoms with E-state index in [1.165, 1.54) is 11.1 Å². The number of nitrogens with one attached hydrogen (secondary N) is 2. The first-order valence-electron chi connectivity index (χ1n) is 11.5. The topological polar surface area (TPSA) is 103 Å². The molecule has 0 radical (unpaired) electrons. The summed E-state index contributed by atoms with van der Waals surface area (Å²) in [6.07, 6.45) is -0.771. The van der Waals surface area contributed by atoms with Crippen LogP contribution in [0.25, 0.3) is 0 Å². The van der Waals surface area contributed by atoms with Gasteiger partial charge in [0.2, 0.25) is 0 Å². The molecule has 0 aliphatic carbocycles. The summed E-state index contributed by atoms with van der Waals surface area (Å²) in [6, 6.07) is 13.4. The van der Waals surface area contributed by atoms with Crippen molar-refractivity contribution in [3.63, 3.8) is 0 Å². The fourth-order valence-electron chi connectivity index (χ4n) is 3.91. The van der Waals surface area contributed by atoms with Gasteiger partial charge in [-0.2, -0.15) is 0 Å². The molecule has 1 saturated heterocycles. The van der Waals surface area contributed by atoms with Gasteiger partial charge >= 0.3 is 0 Å². The monoisotopic (exact) mass is 540 g/mol. The third-order valence-electron chi connectivity index (χ3n) is 5.75. The van der Waals surface area contributed by atoms with Crippen LogP contribution in [-0.4, -0.2) is 28.9 Å². The van der Waals surface area contributed by atoms with E-state index in [4.69, 9.17) is 27.9 Å². The number of hydrogen-bond acceptors (Lipinski definition) is 5. The second kappa shape index (κ2) is 10.7. The van der Waals surface area contributed by atoms with Crippen molar-refractivity contribution in [2.75, 3.05) is 10.3 Å². The van der Waals surface area contributed by atoms with Gasteiger partial charge in [0.25, 0.3) is 11.8 Å². The van der Waals surface area contributed by atoms with Gasteiger partial charge in [0.15, 0.2) is 6.10 Å². The summed E-state index contributed by atoms with van der Waals surface area (Å²) in [5, 5.41) is 14.7. The van der Waals surface area contributed by atoms with Crippen molar-refractivity contribution in [1.82, 2.24) is 5.43 Å². The number of ether oxygens (including phenoxy) is 1. The molecule has 10 heteroatoms. The quantitative estimate of drug-likeness (QED) is 0.355. The van der Waals surface area contributed by atoms with Crippen LogP contribution >= 0.6 is 23.2 Å². The fourth-order valence-corrected chi connectivity index (χ4v) is 4.48. The number of rotatable bonds is 6. The number of carbonyl (C=O) groups excluding carboxylic acids is 2. The van der Waals surface area contributed by atoms with Gasteiger partial charge in [-0.3, -0.25) is 15.0 Å². The van der Waals surface area contributed by atoms with Crippen LogP contribution in [0.4, 0.5) is 17.1 Å². The maximum Gasteiger partial charge on any atom is 0.265 e. The lowest BCUT2D eigenvalue weighted by molar-refractivity contribution is -0.122. The molecule has 37 heavy (non-hydrogen) atoms. The maximum absolute atomic E-state index is 12.7. The number of phenolic OH excluding ortho intramolecular Hbond substituents is 1. The zero-order valence-corrected chi connectivity index (χ0v) is 22.2. The van der Waals surface area contributed by atoms with E-state index in [2.05, 4.69) is 15.7 Å². The first-order chi connectivity index (χ1) is 17.5. The number of anilines is 2. The van der Waals surface area contributed by atoms with Gasteiger partial charge in [-0.1, -0.05) is 29.3 Å². The first kappa shape index (κ1) is 26.3. The summed E-state index contributed by atoms with van der Waals surface area (Å²) in [5.74, 6) is 0.427. The molecule has 1 aliphatic heterocycles. The predicted octanol–water partition coefficient (Wildman–Crippen LogP) is 6.00. The average Bonchev–Trinajstić information content (AvgIpc) is 3.17. The van der Waals surface area contributed by atoms with Crippen LogP contribution in [-0.2, 0) is 9.59 Å². The summed E-state index contributed by atoms with van der Waals surface area (Å²) in [6.45, 7) is 7.18. The molecule has 0 spiro atoms. The molecule has 0 saturated carbocycles. The molecular weight excluding hydrogens is 515 g/mol. The smallest absolute Gasteiger partial charge is 0.265 e. The highest BCUT2D eigenvalue weighted by atomic mass is 35.5. The standard InChI is InChI=1S/C27H26Cl2N4O4/c1-14-9-16(3)26(21(29)10-14)33-25(35)13-24(32-33)31-22-12-18(5-7-20(22)28)30-27(36)17(4)37-19-6-8-23(34)15(2)11-19/h5-12,17,34H,13H2,1-4H3,(H,30,36)(H,31,32). The van der Waals surface area contributed by atoms with Crippen molar-refractivity contribution in [2.24, 2.45) is 4.99 Å². The molecule has 1 aliphatic rings. The van der Waals surface area contributed by atoms with Gasteiger partial charge in [0.05, 0.1) is 27.8 Å². The van der Waals surface area contributed by atoms with E-state index in [1.54, 1.807) is 50.2 Å². The lowest BCUT2D eigenvalue weighted by Crippen LogP contribution is -2.36. The van der Waals surface area contributed by atoms with Crippen LogP contribution in [0.2, 0.25) is 10.0 Å². The first-order valence-corrected chi connectivity index (χ1v) is 12.3. The highest BCUT2D eigenvalue weighted by Gasteiger charge is 2.30. The molecule has 0 aromatic heterocycles. The molecule has 1 heterocycles. The average molecular weight is 541 g/mol. The van der Waals surface area contributed by atoms with Crippen molar-refractivity contribution in [3.8, 4) is 11.5 Å². The molecular formula is C27H26Cl2N4O4. The molecule has 8 nitrogen and oxygen atoms in total. The fraction of sp³-hybridized carbons (Fsp3) is 0.222. The number of hydrogen-bond donors (Lipinski definition) is 3. The van der Waals surface area contributed by atoms with Gasteiger partial charge in [0.1, 0.15) is 17.3 Å². The van der Waals surface area contributed by atoms with Crippen molar-refractivity contribution in [3.05, 3.63) is 75.3 Å². The molecule has 2 amide bonds. The lowest BCUT2D eigenvalue weighted by atomic mass is 10.1. The second-order valence-electron chi connectivity index (χ2n) is 8.85. The van der Waals surface area contributed by atoms with E-state index >= 15 is 0 Å². The minimum absolute atomic E-state index is 0.0352. The number of aromatic hydroxyl groups is 1. The second-order valence-corrected chi connectivity index (χ2v) is 9.67. The summed E-state index contributed by atoms with van der Waals surface area (Å²) >= 11 is 12.8. The summed E-state index contributed by atoms with van der Waals surface area (Å²) in [5.41, 5.74) is 6.93. The number of halogens is 2. The zero-order valence-electron chi connectivity index (χ0n) is 20.7. The molecule has 4 rings (SSSR count). The maximum atomic E-state index is 12.7. The minimum atomic E-state index is -0.806. The Balaban J connectivity index is 1.48. The number of amides is 2. The molecule has 192 valence electrons. The number of nitrogens with zero attached hydrogens (tertiary/aromatic N) is 2. The SMILES string of the molecule is Cc1cc(C)c(N2NC(=Nc3cc(NC(=O)C(C)Oc4ccc(O)c(C)c4)ccc3Cl)CC2=O)c(Cl)c1. The lowest BCUT2D eigenvalue weighted by Gasteiger charge is -2.20. The molecule has 3 aromatic rings. The Labute approximate surface area is 224 Å². The van der Waals surface area contributed by atoms with Crippen molar-refractivity contribution in [1.29, 1.82) is 0 Å². The van der Waals surface area contributed by atoms with E-state index in [0.29, 0.717) is 44.3 Å². The van der Waals surface area contributed by atoms with Gasteiger partial charge < -0.3 is 15.2 Å². The molecule has 3 N–H and O–H groups in total. The highest BCUT2D eigenvalue weighted by Crippen LogP contribution is 2.33. The molecule has 0 bridgehead atoms. The van der Waals surface area contributed by atoms with Gasteiger partial charge in [0, 0.05) is 5.69 Å². The third kappa shape index (κ3) is 5.98. The van der Waals surface area contributed by atoms with Crippen molar-refractivity contribution >= 4 is 57.9 Å². The number of amidine groups is 1. The van der Waals surface area contributed by atoms with E-state index in [0.717, 1.165) is 11.1 Å². The van der Waals surface area contributed by atoms with Crippen molar-refractivity contribution < 1.29 is 19.4 Å². The molecule has 1 unspecified atom stereocenters. The summed E-state index contributed by atoms with van der Waals surface area (Å²) < 4.78 is 5.70. The van der Waals surface area contributed by atoms with E-state index in [9.17, 15) is 14.7 Å². The van der Waals surface area contributed by atoms with Gasteiger partial charge in [-0.25, -0.2) is 10.0 Å². The van der Waals surface area contributed by atoms with E-state index < -0.39 is 6.10 Å². The number of hydrazine groups is 1. The molecule has 3 aromatic carbocycles. The van der Waals surface area contributed by atoms with E-state index in [-0.39, 0.29) is 24.0 Å².